The maximum Gasteiger partial charge on any atom is 0.264 e. The molecule has 0 spiro atoms. The van der Waals surface area contributed by atoms with Gasteiger partial charge in [0.2, 0.25) is 0 Å². The first-order valence-electron chi connectivity index (χ1n) is 6.61. The van der Waals surface area contributed by atoms with Crippen molar-refractivity contribution in [1.82, 2.24) is 0 Å². The predicted molar refractivity (Wildman–Crippen MR) is 84.5 cm³/mol. The largest absolute Gasteiger partial charge is 0.497 e. The maximum atomic E-state index is 12.8. The van der Waals surface area contributed by atoms with E-state index in [2.05, 4.69) is 0 Å². The molecule has 0 aliphatic carbocycles. The van der Waals surface area contributed by atoms with Crippen LogP contribution < -0.4 is 13.8 Å². The van der Waals surface area contributed by atoms with Crippen LogP contribution in [-0.4, -0.2) is 28.7 Å². The van der Waals surface area contributed by atoms with E-state index in [9.17, 15) is 8.42 Å². The van der Waals surface area contributed by atoms with E-state index in [1.54, 1.807) is 30.3 Å². The first-order valence-corrected chi connectivity index (χ1v) is 8.43. The molecule has 116 valence electrons. The molecule has 1 heterocycles. The number of anilines is 1. The molecule has 0 fully saturated rings. The number of ether oxygens (including phenoxy) is 2. The third-order valence-corrected chi connectivity index (χ3v) is 5.45. The van der Waals surface area contributed by atoms with Gasteiger partial charge < -0.3 is 9.47 Å². The minimum Gasteiger partial charge on any atom is -0.497 e. The summed E-state index contributed by atoms with van der Waals surface area (Å²) in [4.78, 5) is 0.195. The minimum absolute atomic E-state index is 0.195. The van der Waals surface area contributed by atoms with Crippen LogP contribution in [0.15, 0.2) is 47.4 Å². The van der Waals surface area contributed by atoms with Crippen LogP contribution in [0.2, 0.25) is 5.02 Å². The van der Waals surface area contributed by atoms with Gasteiger partial charge in [0.15, 0.2) is 0 Å². The normalized spacial score (nSPS) is 14.2. The van der Waals surface area contributed by atoms with Crippen LogP contribution >= 0.6 is 11.6 Å². The van der Waals surface area contributed by atoms with Gasteiger partial charge in [-0.25, -0.2) is 8.42 Å². The highest BCUT2D eigenvalue weighted by Crippen LogP contribution is 2.37. The molecule has 0 unspecified atom stereocenters. The van der Waals surface area contributed by atoms with Crippen LogP contribution in [0.3, 0.4) is 0 Å². The van der Waals surface area contributed by atoms with Gasteiger partial charge in [0.25, 0.3) is 10.0 Å². The van der Waals surface area contributed by atoms with E-state index < -0.39 is 10.0 Å². The van der Waals surface area contributed by atoms with Crippen LogP contribution in [0.1, 0.15) is 0 Å². The van der Waals surface area contributed by atoms with E-state index in [4.69, 9.17) is 21.1 Å². The molecule has 7 heteroatoms. The number of nitrogens with zero attached hydrogens (tertiary/aromatic N) is 1. The molecule has 2 aromatic carbocycles. The Morgan fingerprint density at radius 1 is 1.18 bits per heavy atom. The van der Waals surface area contributed by atoms with Crippen molar-refractivity contribution in [2.24, 2.45) is 0 Å². The summed E-state index contributed by atoms with van der Waals surface area (Å²) >= 11 is 5.98. The zero-order valence-electron chi connectivity index (χ0n) is 11.8. The van der Waals surface area contributed by atoms with Gasteiger partial charge >= 0.3 is 0 Å². The molecule has 0 saturated carbocycles. The summed E-state index contributed by atoms with van der Waals surface area (Å²) in [6, 6.07) is 11.2. The van der Waals surface area contributed by atoms with E-state index in [0.29, 0.717) is 28.8 Å². The Hall–Kier alpha value is -1.92. The molecule has 2 aromatic rings. The highest BCUT2D eigenvalue weighted by molar-refractivity contribution is 7.92. The van der Waals surface area contributed by atoms with Crippen molar-refractivity contribution in [3.05, 3.63) is 47.5 Å². The molecule has 0 saturated heterocycles. The summed E-state index contributed by atoms with van der Waals surface area (Å²) in [5, 5.41) is 0.458. The fraction of sp³-hybridized carbons (Fsp3) is 0.200. The SMILES string of the molecule is COc1ccc(S(=O)(=O)N2CCOc3ccc(Cl)cc32)cc1. The number of hydrogen-bond acceptors (Lipinski definition) is 4. The molecule has 0 aromatic heterocycles. The van der Waals surface area contributed by atoms with E-state index in [1.807, 2.05) is 0 Å². The lowest BCUT2D eigenvalue weighted by molar-refractivity contribution is 0.316. The second kappa shape index (κ2) is 5.70. The van der Waals surface area contributed by atoms with Gasteiger partial charge in [0.05, 0.1) is 24.2 Å². The molecular formula is C15H14ClNO4S. The predicted octanol–water partition coefficient (Wildman–Crippen LogP) is 2.94. The van der Waals surface area contributed by atoms with E-state index in [-0.39, 0.29) is 11.4 Å². The van der Waals surface area contributed by atoms with Crippen LogP contribution in [0, 0.1) is 0 Å². The molecule has 1 aliphatic heterocycles. The zero-order valence-corrected chi connectivity index (χ0v) is 13.4. The average molecular weight is 340 g/mol. The number of rotatable bonds is 3. The molecule has 3 rings (SSSR count). The van der Waals surface area contributed by atoms with Gasteiger partial charge in [-0.15, -0.1) is 0 Å². The summed E-state index contributed by atoms with van der Waals surface area (Å²) in [5.74, 6) is 1.11. The fourth-order valence-electron chi connectivity index (χ4n) is 2.29. The molecule has 1 aliphatic rings. The zero-order chi connectivity index (χ0) is 15.7. The number of methoxy groups -OCH3 is 1. The Bertz CT molecular complexity index is 790. The number of fused-ring (bicyclic) bond motifs is 1. The Labute approximate surface area is 134 Å². The van der Waals surface area contributed by atoms with Crippen LogP contribution in [0.25, 0.3) is 0 Å². The molecule has 0 amide bonds. The Morgan fingerprint density at radius 3 is 2.59 bits per heavy atom. The van der Waals surface area contributed by atoms with Gasteiger partial charge in [-0.05, 0) is 42.5 Å². The fourth-order valence-corrected chi connectivity index (χ4v) is 3.91. The summed E-state index contributed by atoms with van der Waals surface area (Å²) in [5.41, 5.74) is 0.453. The second-order valence-electron chi connectivity index (χ2n) is 4.71. The standard InChI is InChI=1S/C15H14ClNO4S/c1-20-12-3-5-13(6-4-12)22(18,19)17-8-9-21-15-7-2-11(16)10-14(15)17/h2-7,10H,8-9H2,1H3. The molecule has 0 atom stereocenters. The van der Waals surface area contributed by atoms with Crippen molar-refractivity contribution in [2.45, 2.75) is 4.90 Å². The average Bonchev–Trinajstić information content (AvgIpc) is 2.54. The third kappa shape index (κ3) is 2.60. The number of benzene rings is 2. The number of halogens is 1. The second-order valence-corrected chi connectivity index (χ2v) is 7.01. The summed E-state index contributed by atoms with van der Waals surface area (Å²) in [6.45, 7) is 0.533. The lowest BCUT2D eigenvalue weighted by atomic mass is 10.2. The van der Waals surface area contributed by atoms with E-state index in [1.165, 1.54) is 23.5 Å². The smallest absolute Gasteiger partial charge is 0.264 e. The van der Waals surface area contributed by atoms with Crippen LogP contribution in [0.5, 0.6) is 11.5 Å². The van der Waals surface area contributed by atoms with Crippen molar-refractivity contribution in [2.75, 3.05) is 24.6 Å². The quantitative estimate of drug-likeness (QED) is 0.862. The number of sulfonamides is 1. The van der Waals surface area contributed by atoms with Gasteiger partial charge in [-0.1, -0.05) is 11.6 Å². The maximum absolute atomic E-state index is 12.8. The first kappa shape index (κ1) is 15.0. The van der Waals surface area contributed by atoms with Crippen molar-refractivity contribution in [3.8, 4) is 11.5 Å². The van der Waals surface area contributed by atoms with Gasteiger partial charge in [0.1, 0.15) is 18.1 Å². The minimum atomic E-state index is -3.68. The lowest BCUT2D eigenvalue weighted by Gasteiger charge is -2.30. The molecule has 5 nitrogen and oxygen atoms in total. The van der Waals surface area contributed by atoms with Crippen LogP contribution in [0.4, 0.5) is 5.69 Å². The summed E-state index contributed by atoms with van der Waals surface area (Å²) < 4.78 is 37.6. The Kier molecular flexibility index (Phi) is 3.88. The molecule has 22 heavy (non-hydrogen) atoms. The van der Waals surface area contributed by atoms with Crippen molar-refractivity contribution in [3.63, 3.8) is 0 Å². The Morgan fingerprint density at radius 2 is 1.91 bits per heavy atom. The molecule has 0 radical (unpaired) electrons. The van der Waals surface area contributed by atoms with E-state index in [0.717, 1.165) is 0 Å². The summed E-state index contributed by atoms with van der Waals surface area (Å²) in [7, 11) is -2.15. The van der Waals surface area contributed by atoms with E-state index >= 15 is 0 Å². The van der Waals surface area contributed by atoms with Crippen molar-refractivity contribution in [1.29, 1.82) is 0 Å². The van der Waals surface area contributed by atoms with Gasteiger partial charge in [0, 0.05) is 5.02 Å². The molecular weight excluding hydrogens is 326 g/mol. The van der Waals surface area contributed by atoms with Crippen molar-refractivity contribution >= 4 is 27.3 Å². The topological polar surface area (TPSA) is 55.8 Å². The molecule has 0 N–H and O–H groups in total. The highest BCUT2D eigenvalue weighted by Gasteiger charge is 2.30. The van der Waals surface area contributed by atoms with Crippen molar-refractivity contribution < 1.29 is 17.9 Å². The highest BCUT2D eigenvalue weighted by atomic mass is 35.5. The number of hydrogen-bond donors (Lipinski definition) is 0. The van der Waals surface area contributed by atoms with Gasteiger partial charge in [-0.3, -0.25) is 4.31 Å². The monoisotopic (exact) mass is 339 g/mol. The first-order chi connectivity index (χ1) is 10.5. The molecule has 0 bridgehead atoms. The lowest BCUT2D eigenvalue weighted by Crippen LogP contribution is -2.37. The van der Waals surface area contributed by atoms with Crippen LogP contribution in [-0.2, 0) is 10.0 Å². The third-order valence-electron chi connectivity index (χ3n) is 3.39. The summed E-state index contributed by atoms with van der Waals surface area (Å²) in [6.07, 6.45) is 0. The Balaban J connectivity index is 2.05. The van der Waals surface area contributed by atoms with Gasteiger partial charge in [-0.2, -0.15) is 0 Å².